The number of fused-ring (bicyclic) bond motifs is 1. The first-order valence-corrected chi connectivity index (χ1v) is 6.61. The number of ether oxygens (including phenoxy) is 2. The lowest BCUT2D eigenvalue weighted by Gasteiger charge is -2.11. The Kier molecular flexibility index (Phi) is 3.94. The summed E-state index contributed by atoms with van der Waals surface area (Å²) in [4.78, 5) is 12.3. The fraction of sp³-hybridized carbons (Fsp3) is 0.462. The third kappa shape index (κ3) is 3.16. The Morgan fingerprint density at radius 2 is 2.00 bits per heavy atom. The maximum atomic E-state index is 11.2. The molecule has 17 heavy (non-hydrogen) atoms. The first-order valence-electron chi connectivity index (χ1n) is 5.73. The molecule has 1 aromatic carbocycles. The van der Waals surface area contributed by atoms with E-state index in [1.54, 1.807) is 18.7 Å². The van der Waals surface area contributed by atoms with Crippen molar-refractivity contribution >= 4 is 17.5 Å². The van der Waals surface area contributed by atoms with Crippen LogP contribution in [0.1, 0.15) is 20.3 Å². The molecule has 0 spiro atoms. The van der Waals surface area contributed by atoms with E-state index < -0.39 is 0 Å². The van der Waals surface area contributed by atoms with Crippen LogP contribution in [0.2, 0.25) is 0 Å². The van der Waals surface area contributed by atoms with Crippen LogP contribution in [0.4, 0.5) is 0 Å². The van der Waals surface area contributed by atoms with E-state index in [0.29, 0.717) is 13.2 Å². The Hall–Kier alpha value is -1.16. The van der Waals surface area contributed by atoms with Gasteiger partial charge in [0, 0.05) is 11.3 Å². The molecule has 1 atom stereocenters. The summed E-state index contributed by atoms with van der Waals surface area (Å²) < 4.78 is 11.2. The molecule has 1 heterocycles. The summed E-state index contributed by atoms with van der Waals surface area (Å²) >= 11 is 1.55. The lowest BCUT2D eigenvalue weighted by Crippen LogP contribution is -2.07. The van der Waals surface area contributed by atoms with Crippen molar-refractivity contribution in [3.63, 3.8) is 0 Å². The van der Waals surface area contributed by atoms with Crippen LogP contribution in [-0.4, -0.2) is 24.2 Å². The van der Waals surface area contributed by atoms with Crippen LogP contribution >= 0.6 is 11.8 Å². The number of carbonyl (C=O) groups is 1. The van der Waals surface area contributed by atoms with E-state index in [1.165, 1.54) is 0 Å². The van der Waals surface area contributed by atoms with Gasteiger partial charge in [-0.25, -0.2) is 0 Å². The summed E-state index contributed by atoms with van der Waals surface area (Å²) in [6, 6.07) is 5.83. The molecule has 0 fully saturated rings. The van der Waals surface area contributed by atoms with Gasteiger partial charge in [0.1, 0.15) is 5.78 Å². The topological polar surface area (TPSA) is 35.5 Å². The van der Waals surface area contributed by atoms with E-state index in [9.17, 15) is 4.79 Å². The molecule has 0 aromatic heterocycles. The number of ketones is 1. The van der Waals surface area contributed by atoms with E-state index in [4.69, 9.17) is 9.47 Å². The molecule has 0 amide bonds. The Morgan fingerprint density at radius 1 is 1.29 bits per heavy atom. The summed E-state index contributed by atoms with van der Waals surface area (Å²) in [5.74, 6) is 1.76. The van der Waals surface area contributed by atoms with Crippen molar-refractivity contribution in [2.45, 2.75) is 30.4 Å². The van der Waals surface area contributed by atoms with E-state index in [0.717, 1.165) is 22.8 Å². The molecule has 2 rings (SSSR count). The second kappa shape index (κ2) is 5.45. The fourth-order valence-corrected chi connectivity index (χ4v) is 2.40. The van der Waals surface area contributed by atoms with Gasteiger partial charge >= 0.3 is 0 Å². The van der Waals surface area contributed by atoms with Crippen LogP contribution in [0.3, 0.4) is 0 Å². The van der Waals surface area contributed by atoms with Crippen molar-refractivity contribution in [2.24, 2.45) is 0 Å². The maximum Gasteiger partial charge on any atom is 0.162 e. The number of carbonyl (C=O) groups excluding carboxylic acids is 1. The number of benzene rings is 1. The van der Waals surface area contributed by atoms with Gasteiger partial charge in [-0.15, -0.1) is 11.8 Å². The SMILES string of the molecule is CC(=O)[C@H](C)Sc1ccc2c(c1)OCCCO2. The molecular formula is C13H16O3S. The third-order valence-corrected chi connectivity index (χ3v) is 3.82. The van der Waals surface area contributed by atoms with Crippen molar-refractivity contribution in [2.75, 3.05) is 13.2 Å². The molecule has 1 aromatic rings. The van der Waals surface area contributed by atoms with Crippen LogP contribution in [-0.2, 0) is 4.79 Å². The zero-order valence-electron chi connectivity index (χ0n) is 10.1. The van der Waals surface area contributed by atoms with Gasteiger partial charge in [0.2, 0.25) is 0 Å². The van der Waals surface area contributed by atoms with Crippen molar-refractivity contribution in [1.29, 1.82) is 0 Å². The highest BCUT2D eigenvalue weighted by atomic mass is 32.2. The van der Waals surface area contributed by atoms with Crippen molar-refractivity contribution in [1.82, 2.24) is 0 Å². The average Bonchev–Trinajstić information content (AvgIpc) is 2.53. The molecule has 4 heteroatoms. The largest absolute Gasteiger partial charge is 0.490 e. The van der Waals surface area contributed by atoms with E-state index in [2.05, 4.69) is 0 Å². The Balaban J connectivity index is 2.15. The molecule has 0 saturated heterocycles. The number of thioether (sulfide) groups is 1. The smallest absolute Gasteiger partial charge is 0.162 e. The number of Topliss-reactive ketones (excluding diaryl/α,β-unsaturated/α-hetero) is 1. The second-order valence-electron chi connectivity index (χ2n) is 4.03. The molecule has 92 valence electrons. The van der Waals surface area contributed by atoms with Gasteiger partial charge in [-0.1, -0.05) is 0 Å². The minimum absolute atomic E-state index is 0.0280. The standard InChI is InChI=1S/C13H16O3S/c1-9(14)10(2)17-11-4-5-12-13(8-11)16-7-3-6-15-12/h4-5,8,10H,3,6-7H2,1-2H3/t10-/m0/s1. The van der Waals surface area contributed by atoms with Crippen molar-refractivity contribution in [3.8, 4) is 11.5 Å². The van der Waals surface area contributed by atoms with Crippen molar-refractivity contribution < 1.29 is 14.3 Å². The molecule has 3 nitrogen and oxygen atoms in total. The van der Waals surface area contributed by atoms with Gasteiger partial charge in [-0.05, 0) is 32.0 Å². The molecule has 0 aliphatic carbocycles. The van der Waals surface area contributed by atoms with Crippen molar-refractivity contribution in [3.05, 3.63) is 18.2 Å². The number of hydrogen-bond donors (Lipinski definition) is 0. The monoisotopic (exact) mass is 252 g/mol. The molecule has 0 unspecified atom stereocenters. The first kappa shape index (κ1) is 12.3. The average molecular weight is 252 g/mol. The summed E-state index contributed by atoms with van der Waals surface area (Å²) in [6.07, 6.45) is 0.904. The van der Waals surface area contributed by atoms with Gasteiger partial charge in [0.05, 0.1) is 18.5 Å². The fourth-order valence-electron chi connectivity index (χ4n) is 1.50. The normalized spacial score (nSPS) is 16.1. The van der Waals surface area contributed by atoms with Crippen LogP contribution in [0.15, 0.2) is 23.1 Å². The van der Waals surface area contributed by atoms with Gasteiger partial charge in [-0.2, -0.15) is 0 Å². The van der Waals surface area contributed by atoms with Crippen LogP contribution in [0, 0.1) is 0 Å². The molecule has 0 N–H and O–H groups in total. The Bertz CT molecular complexity index is 417. The molecule has 0 radical (unpaired) electrons. The van der Waals surface area contributed by atoms with Gasteiger partial charge in [-0.3, -0.25) is 4.79 Å². The quantitative estimate of drug-likeness (QED) is 0.775. The number of rotatable bonds is 3. The van der Waals surface area contributed by atoms with Crippen LogP contribution in [0.5, 0.6) is 11.5 Å². The highest BCUT2D eigenvalue weighted by Gasteiger charge is 2.14. The molecule has 0 bridgehead atoms. The minimum atomic E-state index is -0.0280. The first-order chi connectivity index (χ1) is 8.16. The Labute approximate surface area is 105 Å². The van der Waals surface area contributed by atoms with E-state index in [-0.39, 0.29) is 11.0 Å². The predicted octanol–water partition coefficient (Wildman–Crippen LogP) is 2.92. The minimum Gasteiger partial charge on any atom is -0.490 e. The lowest BCUT2D eigenvalue weighted by atomic mass is 10.3. The van der Waals surface area contributed by atoms with Gasteiger partial charge < -0.3 is 9.47 Å². The second-order valence-corrected chi connectivity index (χ2v) is 5.44. The van der Waals surface area contributed by atoms with Crippen LogP contribution < -0.4 is 9.47 Å². The summed E-state index contributed by atoms with van der Waals surface area (Å²) in [7, 11) is 0. The summed E-state index contributed by atoms with van der Waals surface area (Å²) in [5.41, 5.74) is 0. The zero-order chi connectivity index (χ0) is 12.3. The lowest BCUT2D eigenvalue weighted by molar-refractivity contribution is -0.116. The molecular weight excluding hydrogens is 236 g/mol. The van der Waals surface area contributed by atoms with E-state index >= 15 is 0 Å². The van der Waals surface area contributed by atoms with Gasteiger partial charge in [0.25, 0.3) is 0 Å². The summed E-state index contributed by atoms with van der Waals surface area (Å²) in [5, 5.41) is -0.0280. The van der Waals surface area contributed by atoms with Gasteiger partial charge in [0.15, 0.2) is 11.5 Å². The summed E-state index contributed by atoms with van der Waals surface area (Å²) in [6.45, 7) is 4.91. The Morgan fingerprint density at radius 3 is 2.71 bits per heavy atom. The van der Waals surface area contributed by atoms with Crippen LogP contribution in [0.25, 0.3) is 0 Å². The van der Waals surface area contributed by atoms with E-state index in [1.807, 2.05) is 25.1 Å². The maximum absolute atomic E-state index is 11.2. The molecule has 0 saturated carbocycles. The third-order valence-electron chi connectivity index (χ3n) is 2.60. The number of hydrogen-bond acceptors (Lipinski definition) is 4. The molecule has 1 aliphatic rings. The highest BCUT2D eigenvalue weighted by molar-refractivity contribution is 8.00. The zero-order valence-corrected chi connectivity index (χ0v) is 10.9. The highest BCUT2D eigenvalue weighted by Crippen LogP contribution is 2.35. The predicted molar refractivity (Wildman–Crippen MR) is 68.0 cm³/mol. The molecule has 1 aliphatic heterocycles.